The molecule has 1 N–H and O–H groups in total. The number of nitrogens with one attached hydrogen (secondary N) is 1. The number of amides is 1. The van der Waals surface area contributed by atoms with Crippen molar-refractivity contribution in [1.29, 1.82) is 0 Å². The van der Waals surface area contributed by atoms with Crippen molar-refractivity contribution in [2.24, 2.45) is 0 Å². The van der Waals surface area contributed by atoms with Crippen LogP contribution in [0, 0.1) is 6.92 Å². The quantitative estimate of drug-likeness (QED) is 0.677. The molecule has 5 nitrogen and oxygen atoms in total. The molecule has 0 unspecified atom stereocenters. The molecule has 0 aliphatic rings. The molecule has 1 aromatic carbocycles. The highest BCUT2D eigenvalue weighted by Crippen LogP contribution is 2.30. The number of hydrogen-bond acceptors (Lipinski definition) is 5. The van der Waals surface area contributed by atoms with Gasteiger partial charge < -0.3 is 10.1 Å². The van der Waals surface area contributed by atoms with Crippen molar-refractivity contribution >= 4 is 22.9 Å². The van der Waals surface area contributed by atoms with E-state index in [9.17, 15) is 4.79 Å². The van der Waals surface area contributed by atoms with Gasteiger partial charge in [-0.15, -0.1) is 11.3 Å². The monoisotopic (exact) mass is 381 g/mol. The average Bonchev–Trinajstić information content (AvgIpc) is 3.03. The summed E-state index contributed by atoms with van der Waals surface area (Å²) in [5.74, 6) is 0.525. The molecule has 0 atom stereocenters. The first-order chi connectivity index (χ1) is 12.8. The Morgan fingerprint density at radius 3 is 2.67 bits per heavy atom. The molecular formula is C21H23N3O2S. The van der Waals surface area contributed by atoms with Crippen molar-refractivity contribution in [2.45, 2.75) is 39.7 Å². The number of benzene rings is 1. The normalized spacial score (nSPS) is 11.3. The van der Waals surface area contributed by atoms with Gasteiger partial charge in [0.2, 0.25) is 0 Å². The molecule has 0 spiro atoms. The summed E-state index contributed by atoms with van der Waals surface area (Å²) < 4.78 is 5.77. The number of aromatic nitrogens is 2. The highest BCUT2D eigenvalue weighted by Gasteiger charge is 2.23. The van der Waals surface area contributed by atoms with Gasteiger partial charge in [0, 0.05) is 23.4 Å². The summed E-state index contributed by atoms with van der Waals surface area (Å²) in [6.07, 6.45) is 1.73. The molecule has 1 amide bonds. The van der Waals surface area contributed by atoms with Crippen molar-refractivity contribution in [1.82, 2.24) is 9.97 Å². The third-order valence-electron chi connectivity index (χ3n) is 3.85. The predicted molar refractivity (Wildman–Crippen MR) is 109 cm³/mol. The Bertz CT molecular complexity index is 930. The van der Waals surface area contributed by atoms with E-state index in [1.54, 1.807) is 6.20 Å². The minimum Gasteiger partial charge on any atom is -0.487 e. The Labute approximate surface area is 163 Å². The lowest BCUT2D eigenvalue weighted by molar-refractivity contribution is 0.103. The summed E-state index contributed by atoms with van der Waals surface area (Å²) in [5, 5.41) is 3.89. The predicted octanol–water partition coefficient (Wildman–Crippen LogP) is 4.98. The van der Waals surface area contributed by atoms with E-state index in [1.165, 1.54) is 11.3 Å². The van der Waals surface area contributed by atoms with E-state index in [0.29, 0.717) is 22.9 Å². The summed E-state index contributed by atoms with van der Waals surface area (Å²) in [6.45, 7) is 8.52. The molecule has 0 bridgehead atoms. The Morgan fingerprint density at radius 2 is 2.00 bits per heavy atom. The molecule has 27 heavy (non-hydrogen) atoms. The van der Waals surface area contributed by atoms with E-state index in [-0.39, 0.29) is 11.3 Å². The van der Waals surface area contributed by atoms with Gasteiger partial charge in [-0.3, -0.25) is 9.78 Å². The molecular weight excluding hydrogens is 358 g/mol. The highest BCUT2D eigenvalue weighted by atomic mass is 32.1. The second kappa shape index (κ2) is 7.88. The van der Waals surface area contributed by atoms with E-state index < -0.39 is 0 Å². The van der Waals surface area contributed by atoms with Crippen molar-refractivity contribution in [3.05, 3.63) is 69.9 Å². The van der Waals surface area contributed by atoms with Gasteiger partial charge in [-0.1, -0.05) is 32.9 Å². The van der Waals surface area contributed by atoms with E-state index in [2.05, 4.69) is 36.1 Å². The Morgan fingerprint density at radius 1 is 1.19 bits per heavy atom. The van der Waals surface area contributed by atoms with Crippen LogP contribution in [0.25, 0.3) is 0 Å². The lowest BCUT2D eigenvalue weighted by Crippen LogP contribution is -2.11. The minimum absolute atomic E-state index is 0.0762. The molecule has 0 aliphatic carbocycles. The molecule has 2 heterocycles. The van der Waals surface area contributed by atoms with Crippen LogP contribution in [-0.4, -0.2) is 15.9 Å². The second-order valence-electron chi connectivity index (χ2n) is 7.28. The number of rotatable bonds is 5. The van der Waals surface area contributed by atoms with E-state index in [1.807, 2.05) is 49.4 Å². The molecule has 0 radical (unpaired) electrons. The van der Waals surface area contributed by atoms with Crippen molar-refractivity contribution < 1.29 is 9.53 Å². The zero-order valence-corrected chi connectivity index (χ0v) is 16.8. The summed E-state index contributed by atoms with van der Waals surface area (Å²) in [4.78, 5) is 22.1. The number of thiazole rings is 1. The SMILES string of the molecule is Cc1nc(C(C)(C)C)sc1C(=O)Nc1cccc(OCc2ccccn2)c1. The van der Waals surface area contributed by atoms with Gasteiger partial charge in [-0.25, -0.2) is 4.98 Å². The van der Waals surface area contributed by atoms with Crippen LogP contribution < -0.4 is 10.1 Å². The molecule has 2 aromatic heterocycles. The molecule has 0 saturated carbocycles. The fraction of sp³-hybridized carbons (Fsp3) is 0.286. The first-order valence-corrected chi connectivity index (χ1v) is 9.56. The van der Waals surface area contributed by atoms with Gasteiger partial charge in [0.05, 0.1) is 16.4 Å². The number of ether oxygens (including phenoxy) is 1. The van der Waals surface area contributed by atoms with Gasteiger partial charge in [-0.05, 0) is 31.2 Å². The van der Waals surface area contributed by atoms with Crippen molar-refractivity contribution in [3.8, 4) is 5.75 Å². The van der Waals surface area contributed by atoms with Crippen LogP contribution in [0.4, 0.5) is 5.69 Å². The second-order valence-corrected chi connectivity index (χ2v) is 8.27. The first-order valence-electron chi connectivity index (χ1n) is 8.75. The van der Waals surface area contributed by atoms with Crippen LogP contribution in [0.1, 0.15) is 46.8 Å². The fourth-order valence-corrected chi connectivity index (χ4v) is 3.44. The van der Waals surface area contributed by atoms with Gasteiger partial charge in [-0.2, -0.15) is 0 Å². The summed E-state index contributed by atoms with van der Waals surface area (Å²) in [5.41, 5.74) is 2.21. The van der Waals surface area contributed by atoms with E-state index in [0.717, 1.165) is 16.4 Å². The van der Waals surface area contributed by atoms with Crippen LogP contribution in [0.2, 0.25) is 0 Å². The van der Waals surface area contributed by atoms with Crippen molar-refractivity contribution in [2.75, 3.05) is 5.32 Å². The van der Waals surface area contributed by atoms with Crippen LogP contribution in [0.5, 0.6) is 5.75 Å². The molecule has 6 heteroatoms. The number of anilines is 1. The maximum absolute atomic E-state index is 12.7. The van der Waals surface area contributed by atoms with Gasteiger partial charge >= 0.3 is 0 Å². The molecule has 3 rings (SSSR count). The third kappa shape index (κ3) is 4.92. The largest absolute Gasteiger partial charge is 0.487 e. The summed E-state index contributed by atoms with van der Waals surface area (Å²) in [7, 11) is 0. The molecule has 0 saturated heterocycles. The number of carbonyl (C=O) groups excluding carboxylic acids is 1. The number of carbonyl (C=O) groups is 1. The van der Waals surface area contributed by atoms with Crippen LogP contribution in [0.3, 0.4) is 0 Å². The number of pyridine rings is 1. The van der Waals surface area contributed by atoms with Crippen LogP contribution in [0.15, 0.2) is 48.7 Å². The minimum atomic E-state index is -0.151. The molecule has 0 aliphatic heterocycles. The van der Waals surface area contributed by atoms with Crippen molar-refractivity contribution in [3.63, 3.8) is 0 Å². The molecule has 0 fully saturated rings. The topological polar surface area (TPSA) is 64.1 Å². The van der Waals surface area contributed by atoms with Gasteiger partial charge in [0.25, 0.3) is 5.91 Å². The smallest absolute Gasteiger partial charge is 0.267 e. The zero-order chi connectivity index (χ0) is 19.4. The Kier molecular flexibility index (Phi) is 5.56. The summed E-state index contributed by atoms with van der Waals surface area (Å²) in [6, 6.07) is 13.1. The van der Waals surface area contributed by atoms with E-state index in [4.69, 9.17) is 4.74 Å². The van der Waals surface area contributed by atoms with Crippen LogP contribution in [-0.2, 0) is 12.0 Å². The lowest BCUT2D eigenvalue weighted by atomic mass is 9.98. The Balaban J connectivity index is 1.69. The van der Waals surface area contributed by atoms with E-state index >= 15 is 0 Å². The number of nitrogens with zero attached hydrogens (tertiary/aromatic N) is 2. The summed E-state index contributed by atoms with van der Waals surface area (Å²) >= 11 is 1.44. The van der Waals surface area contributed by atoms with Gasteiger partial charge in [0.15, 0.2) is 0 Å². The van der Waals surface area contributed by atoms with Gasteiger partial charge in [0.1, 0.15) is 17.2 Å². The maximum atomic E-state index is 12.7. The first kappa shape index (κ1) is 19.0. The number of aryl methyl sites for hydroxylation is 1. The molecule has 3 aromatic rings. The third-order valence-corrected chi connectivity index (χ3v) is 5.43. The fourth-order valence-electron chi connectivity index (χ4n) is 2.42. The molecule has 140 valence electrons. The average molecular weight is 382 g/mol. The highest BCUT2D eigenvalue weighted by molar-refractivity contribution is 7.14. The number of hydrogen-bond donors (Lipinski definition) is 1. The maximum Gasteiger partial charge on any atom is 0.267 e. The standard InChI is InChI=1S/C21H23N3O2S/c1-14-18(27-20(23-14)21(2,3)4)19(25)24-15-9-7-10-17(12-15)26-13-16-8-5-6-11-22-16/h5-12H,13H2,1-4H3,(H,24,25). The lowest BCUT2D eigenvalue weighted by Gasteiger charge is -2.13. The Hall–Kier alpha value is -2.73. The zero-order valence-electron chi connectivity index (χ0n) is 15.9. The van der Waals surface area contributed by atoms with Crippen LogP contribution >= 0.6 is 11.3 Å².